The average Bonchev–Trinajstić information content (AvgIpc) is 3.22. The summed E-state index contributed by atoms with van der Waals surface area (Å²) in [6, 6.07) is 14.5. The first-order chi connectivity index (χ1) is 15.0. The third-order valence-corrected chi connectivity index (χ3v) is 5.19. The SMILES string of the molecule is C=CC(=O)OCOC(=O)c1ccc(-c2cc3ccc(OCOC(=O)C=C)cc3s2)cc1. The Bertz CT molecular complexity index is 1130. The number of hydrogen-bond acceptors (Lipinski definition) is 8. The minimum atomic E-state index is -0.667. The number of rotatable bonds is 9. The second kappa shape index (κ2) is 10.2. The molecule has 1 heterocycles. The number of hydrogen-bond donors (Lipinski definition) is 0. The lowest BCUT2D eigenvalue weighted by molar-refractivity contribution is -0.146. The van der Waals surface area contributed by atoms with E-state index < -0.39 is 24.7 Å². The summed E-state index contributed by atoms with van der Waals surface area (Å²) in [6.07, 6.45) is 2.06. The highest BCUT2D eigenvalue weighted by atomic mass is 32.1. The Labute approximate surface area is 182 Å². The Hall–Kier alpha value is -3.91. The molecule has 0 radical (unpaired) electrons. The molecule has 31 heavy (non-hydrogen) atoms. The highest BCUT2D eigenvalue weighted by molar-refractivity contribution is 7.22. The van der Waals surface area contributed by atoms with E-state index in [1.54, 1.807) is 29.5 Å². The van der Waals surface area contributed by atoms with Crippen molar-refractivity contribution in [1.82, 2.24) is 0 Å². The first-order valence-electron chi connectivity index (χ1n) is 9.02. The predicted molar refractivity (Wildman–Crippen MR) is 116 cm³/mol. The predicted octanol–water partition coefficient (Wildman–Crippen LogP) is 4.48. The molecular weight excluding hydrogens is 420 g/mol. The van der Waals surface area contributed by atoms with E-state index in [9.17, 15) is 14.4 Å². The van der Waals surface area contributed by atoms with Crippen LogP contribution in [0.3, 0.4) is 0 Å². The summed E-state index contributed by atoms with van der Waals surface area (Å²) in [5, 5.41) is 1.03. The lowest BCUT2D eigenvalue weighted by Crippen LogP contribution is -2.11. The van der Waals surface area contributed by atoms with E-state index in [0.717, 1.165) is 32.7 Å². The summed E-state index contributed by atoms with van der Waals surface area (Å²) in [6.45, 7) is 5.91. The van der Waals surface area contributed by atoms with E-state index in [4.69, 9.17) is 14.2 Å². The van der Waals surface area contributed by atoms with Gasteiger partial charge in [0, 0.05) is 21.7 Å². The van der Waals surface area contributed by atoms with Gasteiger partial charge in [-0.15, -0.1) is 11.3 Å². The number of esters is 3. The molecule has 3 rings (SSSR count). The van der Waals surface area contributed by atoms with Crippen molar-refractivity contribution in [3.8, 4) is 16.2 Å². The fraction of sp³-hybridized carbons (Fsp3) is 0.0870. The van der Waals surface area contributed by atoms with Crippen LogP contribution >= 0.6 is 11.3 Å². The molecule has 0 saturated heterocycles. The second-order valence-corrected chi connectivity index (χ2v) is 7.12. The number of carbonyl (C=O) groups is 3. The Morgan fingerprint density at radius 1 is 0.839 bits per heavy atom. The molecule has 0 atom stereocenters. The van der Waals surface area contributed by atoms with Crippen molar-refractivity contribution in [3.05, 3.63) is 79.4 Å². The lowest BCUT2D eigenvalue weighted by atomic mass is 10.1. The third-order valence-electron chi connectivity index (χ3n) is 4.05. The van der Waals surface area contributed by atoms with Crippen LogP contribution in [-0.4, -0.2) is 31.5 Å². The van der Waals surface area contributed by atoms with Crippen LogP contribution in [0.2, 0.25) is 0 Å². The number of thiophene rings is 1. The zero-order valence-electron chi connectivity index (χ0n) is 16.4. The standard InChI is InChI=1S/C23H18O7S/c1-3-21(24)28-13-27-18-10-9-17-11-19(31-20(17)12-18)15-5-7-16(8-6-15)23(26)30-14-29-22(25)4-2/h3-12H,1-2,13-14H2. The monoisotopic (exact) mass is 438 g/mol. The minimum absolute atomic E-state index is 0.195. The van der Waals surface area contributed by atoms with E-state index in [2.05, 4.69) is 17.9 Å². The second-order valence-electron chi connectivity index (χ2n) is 6.03. The van der Waals surface area contributed by atoms with Crippen molar-refractivity contribution >= 4 is 39.3 Å². The van der Waals surface area contributed by atoms with Crippen molar-refractivity contribution in [2.75, 3.05) is 13.6 Å². The third kappa shape index (κ3) is 5.80. The van der Waals surface area contributed by atoms with Gasteiger partial charge in [0.25, 0.3) is 0 Å². The quantitative estimate of drug-likeness (QED) is 0.277. The molecule has 0 amide bonds. The van der Waals surface area contributed by atoms with Crippen LogP contribution < -0.4 is 4.74 Å². The van der Waals surface area contributed by atoms with Crippen LogP contribution in [0.15, 0.2) is 73.8 Å². The summed E-state index contributed by atoms with van der Waals surface area (Å²) in [5.74, 6) is -1.24. The molecule has 2 aromatic carbocycles. The topological polar surface area (TPSA) is 88.1 Å². The Morgan fingerprint density at radius 2 is 1.52 bits per heavy atom. The van der Waals surface area contributed by atoms with Gasteiger partial charge in [0.1, 0.15) is 5.75 Å². The molecule has 0 aliphatic carbocycles. The van der Waals surface area contributed by atoms with Gasteiger partial charge >= 0.3 is 17.9 Å². The van der Waals surface area contributed by atoms with Gasteiger partial charge in [-0.05, 0) is 47.3 Å². The average molecular weight is 438 g/mol. The normalized spacial score (nSPS) is 10.2. The number of benzene rings is 2. The molecule has 0 N–H and O–H groups in total. The molecule has 1 aromatic heterocycles. The summed E-state index contributed by atoms with van der Waals surface area (Å²) in [7, 11) is 0. The molecule has 0 fully saturated rings. The molecular formula is C23H18O7S. The van der Waals surface area contributed by atoms with Crippen molar-refractivity contribution in [2.45, 2.75) is 0 Å². The van der Waals surface area contributed by atoms with Crippen LogP contribution in [-0.2, 0) is 23.8 Å². The maximum Gasteiger partial charge on any atom is 0.340 e. The van der Waals surface area contributed by atoms with Crippen molar-refractivity contribution in [1.29, 1.82) is 0 Å². The number of carbonyl (C=O) groups excluding carboxylic acids is 3. The Kier molecular flexibility index (Phi) is 7.18. The van der Waals surface area contributed by atoms with Crippen LogP contribution in [0.1, 0.15) is 10.4 Å². The molecule has 158 valence electrons. The van der Waals surface area contributed by atoms with Gasteiger partial charge < -0.3 is 18.9 Å². The van der Waals surface area contributed by atoms with E-state index in [1.807, 2.05) is 30.3 Å². The molecule has 0 saturated carbocycles. The molecule has 0 aliphatic rings. The van der Waals surface area contributed by atoms with Crippen LogP contribution in [0, 0.1) is 0 Å². The maximum absolute atomic E-state index is 12.0. The maximum atomic E-state index is 12.0. The molecule has 0 unspecified atom stereocenters. The van der Waals surface area contributed by atoms with E-state index in [1.165, 1.54) is 0 Å². The summed E-state index contributed by atoms with van der Waals surface area (Å²) < 4.78 is 20.7. The largest absolute Gasteiger partial charge is 0.457 e. The summed E-state index contributed by atoms with van der Waals surface area (Å²) in [4.78, 5) is 35.0. The molecule has 0 bridgehead atoms. The van der Waals surface area contributed by atoms with Gasteiger partial charge in [0.15, 0.2) is 0 Å². The summed E-state index contributed by atoms with van der Waals surface area (Å²) >= 11 is 1.56. The summed E-state index contributed by atoms with van der Waals surface area (Å²) in [5.41, 5.74) is 1.27. The van der Waals surface area contributed by atoms with Gasteiger partial charge in [-0.3, -0.25) is 0 Å². The fourth-order valence-electron chi connectivity index (χ4n) is 2.51. The van der Waals surface area contributed by atoms with Crippen LogP contribution in [0.4, 0.5) is 0 Å². The highest BCUT2D eigenvalue weighted by Crippen LogP contribution is 2.35. The first kappa shape index (κ1) is 21.8. The Morgan fingerprint density at radius 3 is 2.19 bits per heavy atom. The number of fused-ring (bicyclic) bond motifs is 1. The van der Waals surface area contributed by atoms with E-state index in [-0.39, 0.29) is 6.79 Å². The van der Waals surface area contributed by atoms with Crippen molar-refractivity contribution < 1.29 is 33.3 Å². The van der Waals surface area contributed by atoms with Crippen molar-refractivity contribution in [2.24, 2.45) is 0 Å². The van der Waals surface area contributed by atoms with Gasteiger partial charge in [-0.1, -0.05) is 25.3 Å². The lowest BCUT2D eigenvalue weighted by Gasteiger charge is -2.05. The highest BCUT2D eigenvalue weighted by Gasteiger charge is 2.10. The van der Waals surface area contributed by atoms with Gasteiger partial charge in [0.2, 0.25) is 13.6 Å². The minimum Gasteiger partial charge on any atom is -0.457 e. The van der Waals surface area contributed by atoms with Crippen molar-refractivity contribution in [3.63, 3.8) is 0 Å². The molecule has 7 nitrogen and oxygen atoms in total. The van der Waals surface area contributed by atoms with Gasteiger partial charge in [0.05, 0.1) is 5.56 Å². The van der Waals surface area contributed by atoms with Gasteiger partial charge in [-0.2, -0.15) is 0 Å². The number of ether oxygens (including phenoxy) is 4. The van der Waals surface area contributed by atoms with Crippen LogP contribution in [0.25, 0.3) is 20.5 Å². The molecule has 0 spiro atoms. The molecule has 8 heteroatoms. The van der Waals surface area contributed by atoms with E-state index in [0.29, 0.717) is 11.3 Å². The first-order valence-corrected chi connectivity index (χ1v) is 9.84. The Balaban J connectivity index is 1.65. The zero-order valence-corrected chi connectivity index (χ0v) is 17.2. The zero-order chi connectivity index (χ0) is 22.2. The molecule has 0 aliphatic heterocycles. The van der Waals surface area contributed by atoms with Crippen LogP contribution in [0.5, 0.6) is 5.75 Å². The fourth-order valence-corrected chi connectivity index (χ4v) is 3.61. The van der Waals surface area contributed by atoms with Gasteiger partial charge in [-0.25, -0.2) is 14.4 Å². The smallest absolute Gasteiger partial charge is 0.340 e. The molecule has 3 aromatic rings. The van der Waals surface area contributed by atoms with E-state index >= 15 is 0 Å².